The highest BCUT2D eigenvalue weighted by molar-refractivity contribution is 5.60. The van der Waals surface area contributed by atoms with Gasteiger partial charge < -0.3 is 10.6 Å². The first-order valence-electron chi connectivity index (χ1n) is 7.78. The largest absolute Gasteiger partial charge is 0.362 e. The number of anilines is 1. The van der Waals surface area contributed by atoms with Crippen molar-refractivity contribution in [1.82, 2.24) is 15.1 Å². The van der Waals surface area contributed by atoms with Gasteiger partial charge in [0.1, 0.15) is 5.69 Å². The fraction of sp³-hybridized carbons (Fsp3) is 0.786. The van der Waals surface area contributed by atoms with Gasteiger partial charge >= 0.3 is 5.69 Å². The van der Waals surface area contributed by atoms with Crippen LogP contribution in [0.5, 0.6) is 0 Å². The van der Waals surface area contributed by atoms with E-state index in [1.165, 1.54) is 19.3 Å². The molecule has 2 N–H and O–H groups in total. The van der Waals surface area contributed by atoms with E-state index in [1.807, 2.05) is 6.92 Å². The molecule has 21 heavy (non-hydrogen) atoms. The van der Waals surface area contributed by atoms with Gasteiger partial charge in [-0.3, -0.25) is 10.1 Å². The average Bonchev–Trinajstić information content (AvgIpc) is 2.73. The van der Waals surface area contributed by atoms with E-state index in [0.717, 1.165) is 19.4 Å². The van der Waals surface area contributed by atoms with E-state index >= 15 is 0 Å². The minimum atomic E-state index is -0.322. The summed E-state index contributed by atoms with van der Waals surface area (Å²) in [6.07, 6.45) is 5.76. The van der Waals surface area contributed by atoms with E-state index in [9.17, 15) is 10.1 Å². The Morgan fingerprint density at radius 3 is 2.90 bits per heavy atom. The first-order valence-corrected chi connectivity index (χ1v) is 7.78. The van der Waals surface area contributed by atoms with Gasteiger partial charge in [-0.2, -0.15) is 5.10 Å². The van der Waals surface area contributed by atoms with Crippen LogP contribution in [0.3, 0.4) is 0 Å². The van der Waals surface area contributed by atoms with Crippen molar-refractivity contribution in [3.05, 3.63) is 15.8 Å². The smallest absolute Gasteiger partial charge is 0.333 e. The number of piperidine rings is 1. The molecule has 7 nitrogen and oxygen atoms in total. The third kappa shape index (κ3) is 2.50. The summed E-state index contributed by atoms with van der Waals surface area (Å²) in [5.41, 5.74) is 0.881. The third-order valence-electron chi connectivity index (χ3n) is 4.86. The standard InChI is InChI=1S/C14H23N5O2/c1-3-18-13(12(19(20)21)10(2)17-18)16-11-5-8-15-14(9-11)6-4-7-14/h11,15-16H,3-9H2,1-2H3. The molecule has 2 fully saturated rings. The predicted molar refractivity (Wildman–Crippen MR) is 80.5 cm³/mol. The highest BCUT2D eigenvalue weighted by Crippen LogP contribution is 2.39. The van der Waals surface area contributed by atoms with Crippen LogP contribution >= 0.6 is 0 Å². The summed E-state index contributed by atoms with van der Waals surface area (Å²) in [6.45, 7) is 5.26. The molecule has 1 aromatic heterocycles. The molecule has 1 saturated heterocycles. The van der Waals surface area contributed by atoms with E-state index in [-0.39, 0.29) is 22.2 Å². The lowest BCUT2D eigenvalue weighted by Crippen LogP contribution is -2.58. The minimum absolute atomic E-state index is 0.123. The number of nitrogens with zero attached hydrogens (tertiary/aromatic N) is 3. The monoisotopic (exact) mass is 293 g/mol. The number of nitro groups is 1. The number of aromatic nitrogens is 2. The molecule has 7 heteroatoms. The Morgan fingerprint density at radius 2 is 2.33 bits per heavy atom. The van der Waals surface area contributed by atoms with Crippen LogP contribution in [0.15, 0.2) is 0 Å². The summed E-state index contributed by atoms with van der Waals surface area (Å²) in [6, 6.07) is 0.284. The van der Waals surface area contributed by atoms with E-state index in [2.05, 4.69) is 15.7 Å². The summed E-state index contributed by atoms with van der Waals surface area (Å²) in [7, 11) is 0. The molecule has 1 aliphatic heterocycles. The fourth-order valence-corrected chi connectivity index (χ4v) is 3.62. The Morgan fingerprint density at radius 1 is 1.57 bits per heavy atom. The van der Waals surface area contributed by atoms with Crippen molar-refractivity contribution in [2.45, 2.75) is 64.1 Å². The fourth-order valence-electron chi connectivity index (χ4n) is 3.62. The normalized spacial score (nSPS) is 23.8. The Bertz CT molecular complexity index is 550. The SMILES string of the molecule is CCn1nc(C)c([N+](=O)[O-])c1NC1CCNC2(CCC2)C1. The quantitative estimate of drug-likeness (QED) is 0.656. The van der Waals surface area contributed by atoms with Crippen LogP contribution in [-0.2, 0) is 6.54 Å². The lowest BCUT2D eigenvalue weighted by Gasteiger charge is -2.48. The van der Waals surface area contributed by atoms with Gasteiger partial charge in [0.2, 0.25) is 5.82 Å². The highest BCUT2D eigenvalue weighted by atomic mass is 16.6. The van der Waals surface area contributed by atoms with Gasteiger partial charge in [-0.25, -0.2) is 4.68 Å². The second-order valence-corrected chi connectivity index (χ2v) is 6.25. The maximum Gasteiger partial charge on any atom is 0.333 e. The molecule has 1 saturated carbocycles. The zero-order chi connectivity index (χ0) is 15.0. The number of nitrogens with one attached hydrogen (secondary N) is 2. The van der Waals surface area contributed by atoms with Crippen LogP contribution in [-0.4, -0.2) is 32.8 Å². The molecule has 1 atom stereocenters. The second-order valence-electron chi connectivity index (χ2n) is 6.25. The minimum Gasteiger partial charge on any atom is -0.362 e. The topological polar surface area (TPSA) is 85.0 Å². The number of aryl methyl sites for hydroxylation is 2. The average molecular weight is 293 g/mol. The van der Waals surface area contributed by atoms with Gasteiger partial charge in [-0.15, -0.1) is 0 Å². The summed E-state index contributed by atoms with van der Waals surface area (Å²) in [4.78, 5) is 11.0. The molecule has 1 spiro atoms. The molecular formula is C14H23N5O2. The molecule has 0 aromatic carbocycles. The summed E-state index contributed by atoms with van der Waals surface area (Å²) < 4.78 is 1.71. The van der Waals surface area contributed by atoms with Crippen molar-refractivity contribution < 1.29 is 4.92 Å². The van der Waals surface area contributed by atoms with Gasteiger partial charge in [-0.05, 0) is 52.5 Å². The van der Waals surface area contributed by atoms with E-state index in [1.54, 1.807) is 11.6 Å². The molecule has 1 unspecified atom stereocenters. The molecule has 2 aliphatic rings. The zero-order valence-electron chi connectivity index (χ0n) is 12.7. The van der Waals surface area contributed by atoms with Gasteiger partial charge in [-0.1, -0.05) is 0 Å². The molecule has 3 rings (SSSR count). The number of rotatable bonds is 4. The highest BCUT2D eigenvalue weighted by Gasteiger charge is 2.41. The summed E-state index contributed by atoms with van der Waals surface area (Å²) >= 11 is 0. The predicted octanol–water partition coefficient (Wildman–Crippen LogP) is 2.21. The van der Waals surface area contributed by atoms with Crippen molar-refractivity contribution in [2.75, 3.05) is 11.9 Å². The first-order chi connectivity index (χ1) is 10.0. The third-order valence-corrected chi connectivity index (χ3v) is 4.86. The maximum atomic E-state index is 11.3. The van der Waals surface area contributed by atoms with E-state index in [4.69, 9.17) is 0 Å². The number of hydrogen-bond donors (Lipinski definition) is 2. The molecule has 116 valence electrons. The van der Waals surface area contributed by atoms with Gasteiger partial charge in [0.25, 0.3) is 0 Å². The van der Waals surface area contributed by atoms with E-state index < -0.39 is 0 Å². The Kier molecular flexibility index (Phi) is 3.61. The molecule has 1 aliphatic carbocycles. The van der Waals surface area contributed by atoms with Gasteiger partial charge in [0.15, 0.2) is 0 Å². The van der Waals surface area contributed by atoms with Crippen molar-refractivity contribution in [1.29, 1.82) is 0 Å². The second kappa shape index (κ2) is 5.29. The van der Waals surface area contributed by atoms with Crippen molar-refractivity contribution in [2.24, 2.45) is 0 Å². The van der Waals surface area contributed by atoms with Crippen LogP contribution in [0.25, 0.3) is 0 Å². The summed E-state index contributed by atoms with van der Waals surface area (Å²) in [5, 5.41) is 22.6. The van der Waals surface area contributed by atoms with Crippen molar-refractivity contribution in [3.63, 3.8) is 0 Å². The Hall–Kier alpha value is -1.63. The van der Waals surface area contributed by atoms with Crippen LogP contribution in [0, 0.1) is 17.0 Å². The molecule has 1 aromatic rings. The van der Waals surface area contributed by atoms with E-state index in [0.29, 0.717) is 18.1 Å². The molecule has 0 radical (unpaired) electrons. The Balaban J connectivity index is 1.82. The molecule has 0 bridgehead atoms. The van der Waals surface area contributed by atoms with Crippen LogP contribution in [0.1, 0.15) is 44.7 Å². The lowest BCUT2D eigenvalue weighted by molar-refractivity contribution is -0.384. The van der Waals surface area contributed by atoms with Crippen LogP contribution in [0.4, 0.5) is 11.5 Å². The zero-order valence-corrected chi connectivity index (χ0v) is 12.7. The van der Waals surface area contributed by atoms with Gasteiger partial charge in [0.05, 0.1) is 4.92 Å². The molecule has 0 amide bonds. The number of hydrogen-bond acceptors (Lipinski definition) is 5. The van der Waals surface area contributed by atoms with Crippen LogP contribution < -0.4 is 10.6 Å². The lowest BCUT2D eigenvalue weighted by atomic mass is 9.70. The Labute approximate surface area is 124 Å². The summed E-state index contributed by atoms with van der Waals surface area (Å²) in [5.74, 6) is 0.571. The van der Waals surface area contributed by atoms with Crippen molar-refractivity contribution >= 4 is 11.5 Å². The molecule has 2 heterocycles. The maximum absolute atomic E-state index is 11.3. The van der Waals surface area contributed by atoms with Crippen molar-refractivity contribution in [3.8, 4) is 0 Å². The first kappa shape index (κ1) is 14.3. The van der Waals surface area contributed by atoms with Crippen LogP contribution in [0.2, 0.25) is 0 Å². The molecular weight excluding hydrogens is 270 g/mol. The van der Waals surface area contributed by atoms with Gasteiger partial charge in [0, 0.05) is 18.1 Å².